The van der Waals surface area contributed by atoms with Crippen LogP contribution in [0, 0.1) is 6.92 Å². The fraction of sp³-hybridized carbons (Fsp3) is 0.304. The van der Waals surface area contributed by atoms with Crippen molar-refractivity contribution in [3.8, 4) is 22.1 Å². The highest BCUT2D eigenvalue weighted by molar-refractivity contribution is 7.89. The summed E-state index contributed by atoms with van der Waals surface area (Å²) in [6.07, 6.45) is 0. The zero-order valence-electron chi connectivity index (χ0n) is 18.4. The Hall–Kier alpha value is -2.95. The Morgan fingerprint density at radius 3 is 2.48 bits per heavy atom. The normalized spacial score (nSPS) is 14.9. The number of hydrogen-bond donors (Lipinski definition) is 1. The highest BCUT2D eigenvalue weighted by atomic mass is 32.2. The summed E-state index contributed by atoms with van der Waals surface area (Å²) < 4.78 is 32.7. The van der Waals surface area contributed by atoms with E-state index in [0.717, 1.165) is 21.9 Å². The van der Waals surface area contributed by atoms with Crippen molar-refractivity contribution in [2.75, 3.05) is 32.8 Å². The van der Waals surface area contributed by atoms with Crippen LogP contribution in [0.25, 0.3) is 10.6 Å². The molecule has 2 heterocycles. The zero-order valence-corrected chi connectivity index (χ0v) is 20.0. The number of aromatic nitrogens is 1. The number of nitrogens with zero attached hydrogens (tertiary/aromatic N) is 3. The quantitative estimate of drug-likeness (QED) is 0.572. The van der Waals surface area contributed by atoms with Gasteiger partial charge in [0.2, 0.25) is 10.0 Å². The van der Waals surface area contributed by atoms with Crippen molar-refractivity contribution >= 4 is 27.3 Å². The predicted molar refractivity (Wildman–Crippen MR) is 126 cm³/mol. The number of amides is 1. The lowest BCUT2D eigenvalue weighted by molar-refractivity contribution is 0.0692. The van der Waals surface area contributed by atoms with Gasteiger partial charge in [-0.25, -0.2) is 13.4 Å². The number of thiazole rings is 1. The molecule has 8 nitrogen and oxygen atoms in total. The first-order valence-corrected chi connectivity index (χ1v) is 12.9. The molecule has 2 aromatic carbocycles. The van der Waals surface area contributed by atoms with Crippen LogP contribution in [0.2, 0.25) is 0 Å². The smallest absolute Gasteiger partial charge is 0.273 e. The number of sulfonamides is 1. The maximum absolute atomic E-state index is 13.0. The van der Waals surface area contributed by atoms with Crippen LogP contribution in [0.5, 0.6) is 11.5 Å². The molecule has 10 heteroatoms. The molecule has 1 aliphatic rings. The molecular weight excluding hydrogens is 462 g/mol. The zero-order chi connectivity index (χ0) is 23.6. The first-order valence-electron chi connectivity index (χ1n) is 10.6. The van der Waals surface area contributed by atoms with Crippen molar-refractivity contribution in [2.24, 2.45) is 0 Å². The summed E-state index contributed by atoms with van der Waals surface area (Å²) >= 11 is 1.39. The van der Waals surface area contributed by atoms with Gasteiger partial charge in [0.25, 0.3) is 5.91 Å². The number of rotatable bonds is 6. The monoisotopic (exact) mass is 487 g/mol. The number of aryl methyl sites for hydroxylation is 1. The molecule has 0 atom stereocenters. The van der Waals surface area contributed by atoms with Crippen LogP contribution in [0.4, 0.5) is 0 Å². The summed E-state index contributed by atoms with van der Waals surface area (Å²) in [5.41, 5.74) is 1.99. The summed E-state index contributed by atoms with van der Waals surface area (Å²) in [4.78, 5) is 18.9. The van der Waals surface area contributed by atoms with Gasteiger partial charge in [-0.05, 0) is 55.8 Å². The minimum absolute atomic E-state index is 0.109. The highest BCUT2D eigenvalue weighted by Gasteiger charge is 2.32. The molecule has 1 fully saturated rings. The highest BCUT2D eigenvalue weighted by Crippen LogP contribution is 2.29. The van der Waals surface area contributed by atoms with Gasteiger partial charge in [0.15, 0.2) is 0 Å². The SMILES string of the molecule is CCOc1ccc(-c2nc(C(=O)N3CCN(S(=O)(=O)c4cc(C)ccc4O)CC3)cs2)cc1. The first-order chi connectivity index (χ1) is 15.8. The number of carbonyl (C=O) groups is 1. The average molecular weight is 488 g/mol. The Morgan fingerprint density at radius 2 is 1.82 bits per heavy atom. The third-order valence-electron chi connectivity index (χ3n) is 5.39. The summed E-state index contributed by atoms with van der Waals surface area (Å²) in [7, 11) is -3.85. The molecule has 1 aliphatic heterocycles. The fourth-order valence-electron chi connectivity index (χ4n) is 3.63. The second kappa shape index (κ2) is 9.50. The first kappa shape index (κ1) is 23.2. The predicted octanol–water partition coefficient (Wildman–Crippen LogP) is 3.37. The number of hydrogen-bond acceptors (Lipinski definition) is 7. The van der Waals surface area contributed by atoms with Crippen molar-refractivity contribution in [2.45, 2.75) is 18.7 Å². The van der Waals surface area contributed by atoms with E-state index in [2.05, 4.69) is 4.98 Å². The largest absolute Gasteiger partial charge is 0.507 e. The number of phenols is 1. The lowest BCUT2D eigenvalue weighted by Crippen LogP contribution is -2.50. The van der Waals surface area contributed by atoms with E-state index in [0.29, 0.717) is 12.3 Å². The molecule has 0 bridgehead atoms. The number of phenolic OH excluding ortho intramolecular Hbond substituents is 1. The lowest BCUT2D eigenvalue weighted by Gasteiger charge is -2.33. The molecule has 4 rings (SSSR count). The van der Waals surface area contributed by atoms with Gasteiger partial charge in [-0.2, -0.15) is 4.31 Å². The minimum Gasteiger partial charge on any atom is -0.507 e. The van der Waals surface area contributed by atoms with Crippen molar-refractivity contribution in [3.05, 3.63) is 59.1 Å². The van der Waals surface area contributed by atoms with Crippen LogP contribution in [-0.4, -0.2) is 66.4 Å². The molecule has 1 saturated heterocycles. The van der Waals surface area contributed by atoms with Gasteiger partial charge in [-0.1, -0.05) is 6.07 Å². The summed E-state index contributed by atoms with van der Waals surface area (Å²) in [5, 5.41) is 12.5. The van der Waals surface area contributed by atoms with E-state index >= 15 is 0 Å². The van der Waals surface area contributed by atoms with E-state index in [9.17, 15) is 18.3 Å². The topological polar surface area (TPSA) is 100 Å². The van der Waals surface area contributed by atoms with Crippen molar-refractivity contribution in [1.29, 1.82) is 0 Å². The number of piperazine rings is 1. The van der Waals surface area contributed by atoms with Crippen LogP contribution >= 0.6 is 11.3 Å². The molecule has 0 spiro atoms. The second-order valence-electron chi connectivity index (χ2n) is 7.66. The van der Waals surface area contributed by atoms with Crippen molar-refractivity contribution < 1.29 is 23.1 Å². The molecule has 0 radical (unpaired) electrons. The van der Waals surface area contributed by atoms with Gasteiger partial charge in [0.05, 0.1) is 6.61 Å². The Labute approximate surface area is 197 Å². The standard InChI is InChI=1S/C23H25N3O5S2/c1-3-31-18-7-5-17(6-8-18)22-24-19(15-32-22)23(28)25-10-12-26(13-11-25)33(29,30)21-14-16(2)4-9-20(21)27/h4-9,14-15,27H,3,10-13H2,1-2H3. The van der Waals surface area contributed by atoms with E-state index in [-0.39, 0.29) is 42.7 Å². The summed E-state index contributed by atoms with van der Waals surface area (Å²) in [5.74, 6) is 0.281. The second-order valence-corrected chi connectivity index (χ2v) is 10.4. The van der Waals surface area contributed by atoms with Gasteiger partial charge in [-0.15, -0.1) is 11.3 Å². The van der Waals surface area contributed by atoms with Crippen molar-refractivity contribution in [3.63, 3.8) is 0 Å². The molecule has 1 aromatic heterocycles. The number of aromatic hydroxyl groups is 1. The van der Waals surface area contributed by atoms with Gasteiger partial charge in [-0.3, -0.25) is 4.79 Å². The third kappa shape index (κ3) is 4.87. The Bertz CT molecular complexity index is 1250. The van der Waals surface area contributed by atoms with Gasteiger partial charge < -0.3 is 14.7 Å². The molecule has 33 heavy (non-hydrogen) atoms. The summed E-state index contributed by atoms with van der Waals surface area (Å²) in [6.45, 7) is 5.09. The molecule has 0 unspecified atom stereocenters. The van der Waals surface area contributed by atoms with Crippen molar-refractivity contribution in [1.82, 2.24) is 14.2 Å². The maximum atomic E-state index is 13.0. The molecule has 0 saturated carbocycles. The number of ether oxygens (including phenoxy) is 1. The average Bonchev–Trinajstić information content (AvgIpc) is 3.31. The molecule has 0 aliphatic carbocycles. The molecule has 1 amide bonds. The fourth-order valence-corrected chi connectivity index (χ4v) is 6.01. The van der Waals surface area contributed by atoms with Gasteiger partial charge in [0, 0.05) is 37.1 Å². The summed E-state index contributed by atoms with van der Waals surface area (Å²) in [6, 6.07) is 12.0. The number of carbonyl (C=O) groups excluding carboxylic acids is 1. The Morgan fingerprint density at radius 1 is 1.12 bits per heavy atom. The molecule has 174 valence electrons. The van der Waals surface area contributed by atoms with E-state index in [1.165, 1.54) is 27.8 Å². The Kier molecular flexibility index (Phi) is 6.68. The van der Waals surface area contributed by atoms with E-state index in [4.69, 9.17) is 4.74 Å². The molecule has 3 aromatic rings. The van der Waals surface area contributed by atoms with Crippen LogP contribution in [-0.2, 0) is 10.0 Å². The number of benzene rings is 2. The van der Waals surface area contributed by atoms with E-state index < -0.39 is 10.0 Å². The van der Waals surface area contributed by atoms with Gasteiger partial charge >= 0.3 is 0 Å². The van der Waals surface area contributed by atoms with Crippen LogP contribution < -0.4 is 4.74 Å². The van der Waals surface area contributed by atoms with Crippen LogP contribution in [0.1, 0.15) is 23.0 Å². The van der Waals surface area contributed by atoms with Crippen LogP contribution in [0.3, 0.4) is 0 Å². The molecular formula is C23H25N3O5S2. The van der Waals surface area contributed by atoms with Gasteiger partial charge in [0.1, 0.15) is 27.1 Å². The van der Waals surface area contributed by atoms with E-state index in [1.54, 1.807) is 23.3 Å². The van der Waals surface area contributed by atoms with E-state index in [1.807, 2.05) is 31.2 Å². The third-order valence-corrected chi connectivity index (χ3v) is 8.21. The maximum Gasteiger partial charge on any atom is 0.273 e. The Balaban J connectivity index is 1.42. The van der Waals surface area contributed by atoms with Crippen LogP contribution in [0.15, 0.2) is 52.7 Å². The minimum atomic E-state index is -3.85. The lowest BCUT2D eigenvalue weighted by atomic mass is 10.2. The molecule has 1 N–H and O–H groups in total.